The summed E-state index contributed by atoms with van der Waals surface area (Å²) >= 11 is 0. The van der Waals surface area contributed by atoms with E-state index in [2.05, 4.69) is 0 Å². The summed E-state index contributed by atoms with van der Waals surface area (Å²) in [6.45, 7) is 1.98. The molecule has 0 radical (unpaired) electrons. The van der Waals surface area contributed by atoms with Crippen LogP contribution in [0.1, 0.15) is 73.0 Å². The van der Waals surface area contributed by atoms with Crippen molar-refractivity contribution in [3.8, 4) is 5.75 Å². The largest absolute Gasteiger partial charge is 0.497 e. The maximum Gasteiger partial charge on any atom is 0.230 e. The van der Waals surface area contributed by atoms with E-state index in [1.165, 1.54) is 6.42 Å². The van der Waals surface area contributed by atoms with Gasteiger partial charge in [0.25, 0.3) is 0 Å². The van der Waals surface area contributed by atoms with E-state index in [0.717, 1.165) is 42.5 Å². The lowest BCUT2D eigenvalue weighted by Crippen LogP contribution is -2.42. The molecule has 5 nitrogen and oxygen atoms in total. The van der Waals surface area contributed by atoms with E-state index in [0.29, 0.717) is 17.7 Å². The van der Waals surface area contributed by atoms with Crippen molar-refractivity contribution in [2.24, 2.45) is 11.7 Å². The van der Waals surface area contributed by atoms with Crippen molar-refractivity contribution < 1.29 is 14.3 Å². The molecule has 0 aliphatic heterocycles. The van der Waals surface area contributed by atoms with Crippen LogP contribution >= 0.6 is 0 Å². The van der Waals surface area contributed by atoms with Crippen molar-refractivity contribution in [2.45, 2.75) is 64.0 Å². The van der Waals surface area contributed by atoms with Gasteiger partial charge in [0.15, 0.2) is 5.78 Å². The number of nitrogens with two attached hydrogens (primary N) is 1. The van der Waals surface area contributed by atoms with Gasteiger partial charge in [-0.05, 0) is 61.6 Å². The van der Waals surface area contributed by atoms with E-state index in [-0.39, 0.29) is 36.1 Å². The van der Waals surface area contributed by atoms with Crippen molar-refractivity contribution in [2.75, 3.05) is 12.0 Å². The highest BCUT2D eigenvalue weighted by Crippen LogP contribution is 2.37. The number of hydrogen-bond donors (Lipinski definition) is 1. The maximum atomic E-state index is 14.1. The molecule has 0 bridgehead atoms. The van der Waals surface area contributed by atoms with Gasteiger partial charge in [-0.25, -0.2) is 0 Å². The number of carbonyl (C=O) groups excluding carboxylic acids is 2. The molecule has 2 atom stereocenters. The summed E-state index contributed by atoms with van der Waals surface area (Å²) in [6, 6.07) is 24.7. The van der Waals surface area contributed by atoms with Gasteiger partial charge in [0, 0.05) is 29.6 Å². The van der Waals surface area contributed by atoms with Crippen molar-refractivity contribution >= 4 is 17.4 Å². The van der Waals surface area contributed by atoms with Crippen LogP contribution in [0, 0.1) is 5.92 Å². The second kappa shape index (κ2) is 12.7. The number of nitrogens with zero attached hydrogens (tertiary/aromatic N) is 1. The van der Waals surface area contributed by atoms with E-state index in [1.54, 1.807) is 13.2 Å². The topological polar surface area (TPSA) is 72.6 Å². The molecule has 2 unspecified atom stereocenters. The molecule has 3 aromatic rings. The summed E-state index contributed by atoms with van der Waals surface area (Å²) < 4.78 is 5.32. The third-order valence-corrected chi connectivity index (χ3v) is 7.29. The molecule has 37 heavy (non-hydrogen) atoms. The number of hydrogen-bond acceptors (Lipinski definition) is 4. The number of anilines is 1. The average Bonchev–Trinajstić information content (AvgIpc) is 2.94. The van der Waals surface area contributed by atoms with E-state index in [4.69, 9.17) is 10.5 Å². The molecular weight excluding hydrogens is 460 g/mol. The summed E-state index contributed by atoms with van der Waals surface area (Å²) in [6.07, 6.45) is 6.03. The number of methoxy groups -OCH3 is 1. The fourth-order valence-corrected chi connectivity index (χ4v) is 5.41. The lowest BCUT2D eigenvalue weighted by molar-refractivity contribution is -0.123. The average molecular weight is 499 g/mol. The second-order valence-electron chi connectivity index (χ2n) is 10.1. The van der Waals surface area contributed by atoms with Gasteiger partial charge in [-0.2, -0.15) is 0 Å². The minimum absolute atomic E-state index is 0.00937. The second-order valence-corrected chi connectivity index (χ2v) is 10.1. The van der Waals surface area contributed by atoms with Crippen LogP contribution in [0.2, 0.25) is 0 Å². The van der Waals surface area contributed by atoms with Gasteiger partial charge < -0.3 is 15.4 Å². The first-order valence-corrected chi connectivity index (χ1v) is 13.4. The van der Waals surface area contributed by atoms with Crippen molar-refractivity contribution in [1.82, 2.24) is 0 Å². The lowest BCUT2D eigenvalue weighted by Gasteiger charge is -2.37. The van der Waals surface area contributed by atoms with Gasteiger partial charge in [-0.1, -0.05) is 73.9 Å². The SMILES string of the molecule is COc1cccc(C(=O)Cc2ccccc2C(CC(C)N)N(C(=O)C2CCCCC2)c2ccccc2)c1. The summed E-state index contributed by atoms with van der Waals surface area (Å²) in [5.74, 6) is 0.832. The minimum atomic E-state index is -0.272. The maximum absolute atomic E-state index is 14.1. The Hall–Kier alpha value is -3.44. The van der Waals surface area contributed by atoms with Crippen LogP contribution in [0.4, 0.5) is 5.69 Å². The molecule has 194 valence electrons. The Balaban J connectivity index is 1.74. The molecule has 3 aromatic carbocycles. The molecule has 1 saturated carbocycles. The highest BCUT2D eigenvalue weighted by molar-refractivity contribution is 5.98. The van der Waals surface area contributed by atoms with Gasteiger partial charge in [0.05, 0.1) is 13.2 Å². The fraction of sp³-hybridized carbons (Fsp3) is 0.375. The Labute approximate surface area is 220 Å². The molecule has 4 rings (SSSR count). The van der Waals surface area contributed by atoms with Crippen LogP contribution in [-0.2, 0) is 11.2 Å². The molecule has 0 saturated heterocycles. The number of ether oxygens (including phenoxy) is 1. The van der Waals surface area contributed by atoms with Gasteiger partial charge in [-0.15, -0.1) is 0 Å². The summed E-state index contributed by atoms with van der Waals surface area (Å²) in [4.78, 5) is 29.4. The lowest BCUT2D eigenvalue weighted by atomic mass is 9.86. The van der Waals surface area contributed by atoms with Crippen LogP contribution in [0.15, 0.2) is 78.9 Å². The molecule has 0 heterocycles. The first-order chi connectivity index (χ1) is 18.0. The van der Waals surface area contributed by atoms with E-state index in [9.17, 15) is 9.59 Å². The number of ketones is 1. The third kappa shape index (κ3) is 6.66. The number of amides is 1. The van der Waals surface area contributed by atoms with E-state index >= 15 is 0 Å². The minimum Gasteiger partial charge on any atom is -0.497 e. The van der Waals surface area contributed by atoms with Gasteiger partial charge in [0.2, 0.25) is 5.91 Å². The van der Waals surface area contributed by atoms with E-state index < -0.39 is 0 Å². The van der Waals surface area contributed by atoms with Crippen LogP contribution in [-0.4, -0.2) is 24.8 Å². The Morgan fingerprint density at radius 3 is 2.35 bits per heavy atom. The molecular formula is C32H38N2O3. The van der Waals surface area contributed by atoms with Crippen molar-refractivity contribution in [3.05, 3.63) is 95.6 Å². The number of para-hydroxylation sites is 1. The predicted octanol–water partition coefficient (Wildman–Crippen LogP) is 6.51. The highest BCUT2D eigenvalue weighted by atomic mass is 16.5. The van der Waals surface area contributed by atoms with Crippen LogP contribution in [0.5, 0.6) is 5.75 Å². The van der Waals surface area contributed by atoms with Crippen molar-refractivity contribution in [3.63, 3.8) is 0 Å². The first kappa shape index (κ1) is 26.6. The number of rotatable bonds is 10. The smallest absolute Gasteiger partial charge is 0.230 e. The van der Waals surface area contributed by atoms with Crippen LogP contribution < -0.4 is 15.4 Å². The van der Waals surface area contributed by atoms with Gasteiger partial charge in [-0.3, -0.25) is 9.59 Å². The molecule has 1 aliphatic carbocycles. The zero-order chi connectivity index (χ0) is 26.2. The molecule has 1 fully saturated rings. The molecule has 0 aromatic heterocycles. The number of Topliss-reactive ketones (excluding diaryl/α,β-unsaturated/α-hetero) is 1. The highest BCUT2D eigenvalue weighted by Gasteiger charge is 2.34. The Kier molecular flexibility index (Phi) is 9.13. The number of benzene rings is 3. The van der Waals surface area contributed by atoms with Crippen LogP contribution in [0.3, 0.4) is 0 Å². The third-order valence-electron chi connectivity index (χ3n) is 7.29. The number of carbonyl (C=O) groups is 2. The normalized spacial score (nSPS) is 15.5. The summed E-state index contributed by atoms with van der Waals surface area (Å²) in [7, 11) is 1.60. The Morgan fingerprint density at radius 2 is 1.65 bits per heavy atom. The molecule has 2 N–H and O–H groups in total. The predicted molar refractivity (Wildman–Crippen MR) is 149 cm³/mol. The molecule has 5 heteroatoms. The van der Waals surface area contributed by atoms with Gasteiger partial charge in [0.1, 0.15) is 5.75 Å². The first-order valence-electron chi connectivity index (χ1n) is 13.4. The van der Waals surface area contributed by atoms with E-state index in [1.807, 2.05) is 84.6 Å². The van der Waals surface area contributed by atoms with Crippen LogP contribution in [0.25, 0.3) is 0 Å². The monoisotopic (exact) mass is 498 g/mol. The summed E-state index contributed by atoms with van der Waals surface area (Å²) in [5.41, 5.74) is 9.75. The van der Waals surface area contributed by atoms with Crippen molar-refractivity contribution in [1.29, 1.82) is 0 Å². The summed E-state index contributed by atoms with van der Waals surface area (Å²) in [5, 5.41) is 0. The Morgan fingerprint density at radius 1 is 0.946 bits per heavy atom. The molecule has 0 spiro atoms. The molecule has 1 aliphatic rings. The zero-order valence-electron chi connectivity index (χ0n) is 21.9. The Bertz CT molecular complexity index is 1190. The van der Waals surface area contributed by atoms with Gasteiger partial charge >= 0.3 is 0 Å². The zero-order valence-corrected chi connectivity index (χ0v) is 21.9. The molecule has 1 amide bonds. The standard InChI is InChI=1S/C32H38N2O3/c1-23(33)20-30(34(27-16-7-4-8-17-27)32(36)24-12-5-3-6-13-24)29-19-10-9-14-25(29)22-31(35)26-15-11-18-28(21-26)37-2/h4,7-11,14-19,21,23-24,30H,3,5-6,12-13,20,22,33H2,1-2H3. The fourth-order valence-electron chi connectivity index (χ4n) is 5.41. The quantitative estimate of drug-likeness (QED) is 0.323.